The van der Waals surface area contributed by atoms with Crippen LogP contribution in [0.3, 0.4) is 0 Å². The normalized spacial score (nSPS) is 18.1. The number of esters is 1. The monoisotopic (exact) mass is 399 g/mol. The molecule has 0 bridgehead atoms. The van der Waals surface area contributed by atoms with Crippen molar-refractivity contribution in [3.05, 3.63) is 0 Å². The van der Waals surface area contributed by atoms with Crippen LogP contribution in [0.5, 0.6) is 0 Å². The van der Waals surface area contributed by atoms with Crippen LogP contribution >= 0.6 is 0 Å². The Morgan fingerprint density at radius 3 is 1.82 bits per heavy atom. The first-order valence-electron chi connectivity index (χ1n) is 9.85. The standard InChI is InChI=1S/C19H33N3O6/c1-6-27-19(26)15-14(28-15)18(25)22-13(16(23)20-9-7-11(2)3)17(24)21-10-8-12(4)5/h11-15H,6-10H2,1-5H3,(H,20,23)(H,21,24)(H,22,25)/t14-,15-/m0/s1. The van der Waals surface area contributed by atoms with Crippen molar-refractivity contribution in [2.75, 3.05) is 19.7 Å². The number of nitrogens with one attached hydrogen (secondary N) is 3. The third-order valence-corrected chi connectivity index (χ3v) is 4.12. The van der Waals surface area contributed by atoms with Crippen molar-refractivity contribution >= 4 is 23.7 Å². The number of hydrogen-bond acceptors (Lipinski definition) is 6. The van der Waals surface area contributed by atoms with Gasteiger partial charge in [0.25, 0.3) is 17.7 Å². The Hall–Kier alpha value is -2.16. The molecular formula is C19H33N3O6. The predicted octanol–water partition coefficient (Wildman–Crippen LogP) is 0.126. The summed E-state index contributed by atoms with van der Waals surface area (Å²) in [5, 5.41) is 7.72. The molecule has 3 amide bonds. The van der Waals surface area contributed by atoms with E-state index in [9.17, 15) is 19.2 Å². The zero-order chi connectivity index (χ0) is 21.3. The van der Waals surface area contributed by atoms with E-state index in [0.29, 0.717) is 24.9 Å². The number of hydrogen-bond donors (Lipinski definition) is 3. The van der Waals surface area contributed by atoms with E-state index in [1.807, 2.05) is 27.7 Å². The highest BCUT2D eigenvalue weighted by atomic mass is 16.6. The highest BCUT2D eigenvalue weighted by Gasteiger charge is 2.52. The van der Waals surface area contributed by atoms with E-state index >= 15 is 0 Å². The van der Waals surface area contributed by atoms with E-state index in [-0.39, 0.29) is 6.61 Å². The molecule has 0 aromatic rings. The van der Waals surface area contributed by atoms with Crippen LogP contribution in [-0.2, 0) is 28.7 Å². The Morgan fingerprint density at radius 1 is 0.893 bits per heavy atom. The average Bonchev–Trinajstić information content (AvgIpc) is 3.39. The van der Waals surface area contributed by atoms with Crippen molar-refractivity contribution in [1.29, 1.82) is 0 Å². The maximum atomic E-state index is 12.4. The summed E-state index contributed by atoms with van der Waals surface area (Å²) in [7, 11) is 0. The van der Waals surface area contributed by atoms with Gasteiger partial charge in [-0.3, -0.25) is 14.4 Å². The molecule has 28 heavy (non-hydrogen) atoms. The van der Waals surface area contributed by atoms with Crippen molar-refractivity contribution in [2.45, 2.75) is 65.7 Å². The predicted molar refractivity (Wildman–Crippen MR) is 102 cm³/mol. The van der Waals surface area contributed by atoms with Gasteiger partial charge in [-0.2, -0.15) is 0 Å². The van der Waals surface area contributed by atoms with Gasteiger partial charge in [0.15, 0.2) is 18.2 Å². The van der Waals surface area contributed by atoms with Gasteiger partial charge >= 0.3 is 5.97 Å². The first-order chi connectivity index (χ1) is 13.2. The number of rotatable bonds is 12. The van der Waals surface area contributed by atoms with Gasteiger partial charge in [0.05, 0.1) is 6.61 Å². The maximum Gasteiger partial charge on any atom is 0.338 e. The van der Waals surface area contributed by atoms with Gasteiger partial charge in [-0.1, -0.05) is 27.7 Å². The minimum atomic E-state index is -1.39. The van der Waals surface area contributed by atoms with Crippen LogP contribution in [0.25, 0.3) is 0 Å². The fourth-order valence-corrected chi connectivity index (χ4v) is 2.36. The van der Waals surface area contributed by atoms with Gasteiger partial charge in [0.1, 0.15) is 0 Å². The lowest BCUT2D eigenvalue weighted by Gasteiger charge is -2.18. The molecule has 0 unspecified atom stereocenters. The SMILES string of the molecule is CCOC(=O)[C@H]1O[C@@H]1C(=O)NC(C(=O)NCCC(C)C)C(=O)NCCC(C)C. The second-order valence-corrected chi connectivity index (χ2v) is 7.62. The molecule has 1 heterocycles. The fraction of sp³-hybridized carbons (Fsp3) is 0.789. The molecule has 2 atom stereocenters. The zero-order valence-electron chi connectivity index (χ0n) is 17.4. The van der Waals surface area contributed by atoms with Crippen LogP contribution in [0, 0.1) is 11.8 Å². The quantitative estimate of drug-likeness (QED) is 0.243. The molecule has 1 rings (SSSR count). The summed E-state index contributed by atoms with van der Waals surface area (Å²) >= 11 is 0. The molecule has 0 spiro atoms. The molecular weight excluding hydrogens is 366 g/mol. The summed E-state index contributed by atoms with van der Waals surface area (Å²) in [4.78, 5) is 48.8. The van der Waals surface area contributed by atoms with Crippen LogP contribution in [0.1, 0.15) is 47.5 Å². The van der Waals surface area contributed by atoms with E-state index in [4.69, 9.17) is 9.47 Å². The van der Waals surface area contributed by atoms with E-state index in [2.05, 4.69) is 16.0 Å². The van der Waals surface area contributed by atoms with Crippen molar-refractivity contribution < 1.29 is 28.7 Å². The minimum Gasteiger partial charge on any atom is -0.464 e. The Bertz CT molecular complexity index is 538. The molecule has 9 nitrogen and oxygen atoms in total. The molecule has 1 aliphatic rings. The Balaban J connectivity index is 2.66. The first kappa shape index (κ1) is 23.9. The van der Waals surface area contributed by atoms with E-state index < -0.39 is 41.9 Å². The molecule has 1 fully saturated rings. The molecule has 160 valence electrons. The second kappa shape index (κ2) is 11.6. The van der Waals surface area contributed by atoms with Crippen molar-refractivity contribution in [1.82, 2.24) is 16.0 Å². The van der Waals surface area contributed by atoms with Crippen LogP contribution < -0.4 is 16.0 Å². The lowest BCUT2D eigenvalue weighted by Crippen LogP contribution is -2.56. The van der Waals surface area contributed by atoms with Crippen molar-refractivity contribution in [3.8, 4) is 0 Å². The van der Waals surface area contributed by atoms with Crippen molar-refractivity contribution in [3.63, 3.8) is 0 Å². The summed E-state index contributed by atoms with van der Waals surface area (Å²) < 4.78 is 9.82. The molecule has 3 N–H and O–H groups in total. The number of epoxide rings is 1. The number of carbonyl (C=O) groups is 4. The molecule has 9 heteroatoms. The van der Waals surface area contributed by atoms with Crippen LogP contribution in [0.15, 0.2) is 0 Å². The summed E-state index contributed by atoms with van der Waals surface area (Å²) in [6, 6.07) is -1.39. The van der Waals surface area contributed by atoms with Gasteiger partial charge in [-0.05, 0) is 31.6 Å². The van der Waals surface area contributed by atoms with Crippen LogP contribution in [-0.4, -0.2) is 61.6 Å². The minimum absolute atomic E-state index is 0.173. The average molecular weight is 399 g/mol. The largest absolute Gasteiger partial charge is 0.464 e. The summed E-state index contributed by atoms with van der Waals surface area (Å²) in [6.45, 7) is 10.7. The molecule has 0 aromatic carbocycles. The lowest BCUT2D eigenvalue weighted by atomic mass is 10.1. The number of ether oxygens (including phenoxy) is 2. The zero-order valence-corrected chi connectivity index (χ0v) is 17.4. The summed E-state index contributed by atoms with van der Waals surface area (Å²) in [5.41, 5.74) is 0. The van der Waals surface area contributed by atoms with Gasteiger partial charge in [0, 0.05) is 13.1 Å². The van der Waals surface area contributed by atoms with Gasteiger partial charge in [0.2, 0.25) is 0 Å². The highest BCUT2D eigenvalue weighted by molar-refractivity contribution is 6.08. The topological polar surface area (TPSA) is 126 Å². The lowest BCUT2D eigenvalue weighted by molar-refractivity contribution is -0.144. The maximum absolute atomic E-state index is 12.4. The first-order valence-corrected chi connectivity index (χ1v) is 9.85. The summed E-state index contributed by atoms with van der Waals surface area (Å²) in [5.74, 6) is -1.74. The van der Waals surface area contributed by atoms with Crippen molar-refractivity contribution in [2.24, 2.45) is 11.8 Å². The molecule has 0 radical (unpaired) electrons. The summed E-state index contributed by atoms with van der Waals surface area (Å²) in [6.07, 6.45) is -0.544. The van der Waals surface area contributed by atoms with Crippen LogP contribution in [0.4, 0.5) is 0 Å². The van der Waals surface area contributed by atoms with E-state index in [1.165, 1.54) is 0 Å². The molecule has 0 saturated carbocycles. The molecule has 1 aliphatic heterocycles. The van der Waals surface area contributed by atoms with Crippen LogP contribution in [0.2, 0.25) is 0 Å². The fourth-order valence-electron chi connectivity index (χ4n) is 2.36. The Kier molecular flexibility index (Phi) is 9.92. The molecule has 1 saturated heterocycles. The Labute approximate surface area is 166 Å². The molecule has 0 aliphatic carbocycles. The van der Waals surface area contributed by atoms with Gasteiger partial charge in [-0.25, -0.2) is 4.79 Å². The van der Waals surface area contributed by atoms with E-state index in [0.717, 1.165) is 12.8 Å². The third-order valence-electron chi connectivity index (χ3n) is 4.12. The van der Waals surface area contributed by atoms with Gasteiger partial charge in [-0.15, -0.1) is 0 Å². The van der Waals surface area contributed by atoms with E-state index in [1.54, 1.807) is 6.92 Å². The third kappa shape index (κ3) is 8.24. The molecule has 0 aromatic heterocycles. The Morgan fingerprint density at radius 2 is 1.39 bits per heavy atom. The second-order valence-electron chi connectivity index (χ2n) is 7.62. The number of carbonyl (C=O) groups excluding carboxylic acids is 4. The highest BCUT2D eigenvalue weighted by Crippen LogP contribution is 2.23. The smallest absolute Gasteiger partial charge is 0.338 e. The van der Waals surface area contributed by atoms with Gasteiger partial charge < -0.3 is 25.4 Å². The number of amides is 3.